The number of hydrogen-bond donors (Lipinski definition) is 1. The minimum atomic E-state index is 0.182. The van der Waals surface area contributed by atoms with Crippen molar-refractivity contribution >= 4 is 27.3 Å². The maximum absolute atomic E-state index is 4.56. The van der Waals surface area contributed by atoms with E-state index in [0.717, 1.165) is 25.3 Å². The van der Waals surface area contributed by atoms with Crippen molar-refractivity contribution < 1.29 is 0 Å². The third-order valence-electron chi connectivity index (χ3n) is 3.04. The molecule has 0 saturated heterocycles. The third kappa shape index (κ3) is 3.27. The summed E-state index contributed by atoms with van der Waals surface area (Å²) in [6.07, 6.45) is 5.08. The molecule has 1 atom stereocenters. The lowest BCUT2D eigenvalue weighted by molar-refractivity contribution is 0.549. The van der Waals surface area contributed by atoms with Gasteiger partial charge in [0.05, 0.1) is 3.79 Å². The number of nitrogens with zero attached hydrogens (tertiary/aromatic N) is 2. The summed E-state index contributed by atoms with van der Waals surface area (Å²) in [4.78, 5) is 5.88. The molecular formula is C14H20BrN3S. The van der Waals surface area contributed by atoms with Crippen LogP contribution in [0.15, 0.2) is 22.2 Å². The topological polar surface area (TPSA) is 29.9 Å². The first kappa shape index (κ1) is 14.8. The molecule has 2 aromatic rings. The van der Waals surface area contributed by atoms with Crippen LogP contribution < -0.4 is 5.32 Å². The highest BCUT2D eigenvalue weighted by Crippen LogP contribution is 2.33. The van der Waals surface area contributed by atoms with E-state index in [0.29, 0.717) is 0 Å². The van der Waals surface area contributed by atoms with Crippen LogP contribution in [-0.2, 0) is 6.54 Å². The SMILES string of the molecule is CCCn1ccnc1C(NCC)c1cc(C)c(Br)s1. The van der Waals surface area contributed by atoms with Crippen molar-refractivity contribution in [2.75, 3.05) is 6.54 Å². The van der Waals surface area contributed by atoms with Crippen LogP contribution in [0.2, 0.25) is 0 Å². The van der Waals surface area contributed by atoms with E-state index in [1.54, 1.807) is 11.3 Å². The molecule has 19 heavy (non-hydrogen) atoms. The highest BCUT2D eigenvalue weighted by molar-refractivity contribution is 9.11. The zero-order valence-electron chi connectivity index (χ0n) is 11.6. The van der Waals surface area contributed by atoms with E-state index < -0.39 is 0 Å². The van der Waals surface area contributed by atoms with E-state index >= 15 is 0 Å². The van der Waals surface area contributed by atoms with E-state index in [4.69, 9.17) is 0 Å². The molecule has 104 valence electrons. The summed E-state index contributed by atoms with van der Waals surface area (Å²) in [6.45, 7) is 8.40. The molecule has 0 fully saturated rings. The van der Waals surface area contributed by atoms with Crippen molar-refractivity contribution in [2.24, 2.45) is 0 Å². The number of aryl methyl sites for hydroxylation is 2. The molecule has 1 N–H and O–H groups in total. The number of rotatable bonds is 6. The van der Waals surface area contributed by atoms with Gasteiger partial charge >= 0.3 is 0 Å². The lowest BCUT2D eigenvalue weighted by Gasteiger charge is -2.17. The van der Waals surface area contributed by atoms with Gasteiger partial charge in [-0.05, 0) is 47.4 Å². The first-order valence-electron chi connectivity index (χ1n) is 6.67. The number of thiophene rings is 1. The van der Waals surface area contributed by atoms with Gasteiger partial charge in [0, 0.05) is 23.8 Å². The van der Waals surface area contributed by atoms with Crippen molar-refractivity contribution in [3.8, 4) is 0 Å². The highest BCUT2D eigenvalue weighted by Gasteiger charge is 2.20. The molecule has 0 saturated carbocycles. The molecule has 0 aliphatic carbocycles. The average molecular weight is 342 g/mol. The van der Waals surface area contributed by atoms with E-state index in [-0.39, 0.29) is 6.04 Å². The molecule has 5 heteroatoms. The lowest BCUT2D eigenvalue weighted by Crippen LogP contribution is -2.24. The molecule has 0 aliphatic heterocycles. The molecule has 2 rings (SSSR count). The van der Waals surface area contributed by atoms with Crippen LogP contribution in [0.5, 0.6) is 0 Å². The van der Waals surface area contributed by atoms with Gasteiger partial charge in [-0.1, -0.05) is 13.8 Å². The predicted molar refractivity (Wildman–Crippen MR) is 84.8 cm³/mol. The van der Waals surface area contributed by atoms with Gasteiger partial charge in [-0.25, -0.2) is 4.98 Å². The number of halogens is 1. The first-order chi connectivity index (χ1) is 9.17. The molecule has 0 radical (unpaired) electrons. The van der Waals surface area contributed by atoms with Gasteiger partial charge in [-0.15, -0.1) is 11.3 Å². The van der Waals surface area contributed by atoms with Crippen LogP contribution in [-0.4, -0.2) is 16.1 Å². The van der Waals surface area contributed by atoms with Crippen LogP contribution in [0, 0.1) is 6.92 Å². The average Bonchev–Trinajstić information content (AvgIpc) is 2.95. The molecule has 3 nitrogen and oxygen atoms in total. The molecule has 0 aromatic carbocycles. The van der Waals surface area contributed by atoms with Crippen LogP contribution in [0.3, 0.4) is 0 Å². The van der Waals surface area contributed by atoms with Crippen molar-refractivity contribution in [1.29, 1.82) is 0 Å². The Bertz CT molecular complexity index is 513. The monoisotopic (exact) mass is 341 g/mol. The number of nitrogens with one attached hydrogen (secondary N) is 1. The van der Waals surface area contributed by atoms with Crippen LogP contribution in [0.4, 0.5) is 0 Å². The number of hydrogen-bond acceptors (Lipinski definition) is 3. The molecule has 0 aliphatic rings. The quantitative estimate of drug-likeness (QED) is 0.856. The Balaban J connectivity index is 2.36. The minimum absolute atomic E-state index is 0.182. The van der Waals surface area contributed by atoms with Crippen LogP contribution in [0.25, 0.3) is 0 Å². The Hall–Kier alpha value is -0.650. The Labute approximate surface area is 127 Å². The summed E-state index contributed by atoms with van der Waals surface area (Å²) in [5.74, 6) is 1.11. The summed E-state index contributed by atoms with van der Waals surface area (Å²) in [6, 6.07) is 2.43. The fourth-order valence-corrected chi connectivity index (χ4v) is 3.80. The first-order valence-corrected chi connectivity index (χ1v) is 8.28. The minimum Gasteiger partial charge on any atom is -0.333 e. The van der Waals surface area contributed by atoms with E-state index in [1.807, 2.05) is 6.20 Å². The fourth-order valence-electron chi connectivity index (χ4n) is 2.16. The second kappa shape index (κ2) is 6.68. The molecule has 1 unspecified atom stereocenters. The maximum atomic E-state index is 4.56. The van der Waals surface area contributed by atoms with E-state index in [2.05, 4.69) is 63.8 Å². The molecule has 0 spiro atoms. The van der Waals surface area contributed by atoms with Gasteiger partial charge in [0.15, 0.2) is 0 Å². The maximum Gasteiger partial charge on any atom is 0.131 e. The summed E-state index contributed by atoms with van der Waals surface area (Å²) in [5, 5.41) is 3.55. The standard InChI is InChI=1S/C14H20BrN3S/c1-4-7-18-8-6-17-14(18)12(16-5-2)11-9-10(3)13(15)19-11/h6,8-9,12,16H,4-5,7H2,1-3H3. The van der Waals surface area contributed by atoms with Crippen LogP contribution in [0.1, 0.15) is 42.6 Å². The van der Waals surface area contributed by atoms with E-state index in [9.17, 15) is 0 Å². The Morgan fingerprint density at radius 2 is 2.26 bits per heavy atom. The van der Waals surface area contributed by atoms with Gasteiger partial charge in [0.1, 0.15) is 11.9 Å². The highest BCUT2D eigenvalue weighted by atomic mass is 79.9. The van der Waals surface area contributed by atoms with Gasteiger partial charge in [0.25, 0.3) is 0 Å². The molecule has 2 aromatic heterocycles. The largest absolute Gasteiger partial charge is 0.333 e. The van der Waals surface area contributed by atoms with Crippen molar-refractivity contribution in [1.82, 2.24) is 14.9 Å². The van der Waals surface area contributed by atoms with Crippen molar-refractivity contribution in [2.45, 2.75) is 39.8 Å². The zero-order valence-corrected chi connectivity index (χ0v) is 14.0. The Kier molecular flexibility index (Phi) is 5.19. The third-order valence-corrected chi connectivity index (χ3v) is 5.24. The zero-order chi connectivity index (χ0) is 13.8. The summed E-state index contributed by atoms with van der Waals surface area (Å²) in [7, 11) is 0. The van der Waals surface area contributed by atoms with Crippen LogP contribution >= 0.6 is 27.3 Å². The number of imidazole rings is 1. The molecule has 0 bridgehead atoms. The fraction of sp³-hybridized carbons (Fsp3) is 0.500. The predicted octanol–water partition coefficient (Wildman–Crippen LogP) is 4.12. The van der Waals surface area contributed by atoms with Gasteiger partial charge < -0.3 is 9.88 Å². The lowest BCUT2D eigenvalue weighted by atomic mass is 10.2. The van der Waals surface area contributed by atoms with Gasteiger partial charge in [0.2, 0.25) is 0 Å². The summed E-state index contributed by atoms with van der Waals surface area (Å²) < 4.78 is 3.45. The molecular weight excluding hydrogens is 322 g/mol. The summed E-state index contributed by atoms with van der Waals surface area (Å²) >= 11 is 5.40. The second-order valence-corrected chi connectivity index (χ2v) is 6.98. The molecule has 2 heterocycles. The second-order valence-electron chi connectivity index (χ2n) is 4.58. The smallest absolute Gasteiger partial charge is 0.131 e. The number of aromatic nitrogens is 2. The summed E-state index contributed by atoms with van der Waals surface area (Å²) in [5.41, 5.74) is 1.29. The Morgan fingerprint density at radius 1 is 1.47 bits per heavy atom. The van der Waals surface area contributed by atoms with Gasteiger partial charge in [-0.2, -0.15) is 0 Å². The van der Waals surface area contributed by atoms with Gasteiger partial charge in [-0.3, -0.25) is 0 Å². The van der Waals surface area contributed by atoms with Crippen molar-refractivity contribution in [3.05, 3.63) is 38.5 Å². The Morgan fingerprint density at radius 3 is 2.84 bits per heavy atom. The van der Waals surface area contributed by atoms with Crippen molar-refractivity contribution in [3.63, 3.8) is 0 Å². The molecule has 0 amide bonds. The van der Waals surface area contributed by atoms with E-state index in [1.165, 1.54) is 14.2 Å². The normalized spacial score (nSPS) is 12.8.